The standard InChI is InChI=1S/C22H22IN3O3/c23-15-1-6-18-19(11-15)20(22(29)25-21(18)28)12-24-16-2-4-17(5-3-16)26-9-7-14(13-27)8-10-26/h1-6,11-12,14,27H,7-10,13H2,(H2,25,28,29). The molecule has 1 saturated heterocycles. The number of rotatable bonds is 4. The number of pyridine rings is 1. The van der Waals surface area contributed by atoms with Crippen LogP contribution in [-0.2, 0) is 0 Å². The Morgan fingerprint density at radius 1 is 1.14 bits per heavy atom. The van der Waals surface area contributed by atoms with Crippen molar-refractivity contribution >= 4 is 51.0 Å². The molecule has 0 atom stereocenters. The van der Waals surface area contributed by atoms with Gasteiger partial charge in [0.1, 0.15) is 0 Å². The molecule has 0 spiro atoms. The van der Waals surface area contributed by atoms with Crippen LogP contribution in [0.3, 0.4) is 0 Å². The summed E-state index contributed by atoms with van der Waals surface area (Å²) in [5.74, 6) is 0.231. The average molecular weight is 503 g/mol. The first-order valence-corrected chi connectivity index (χ1v) is 10.7. The third-order valence-corrected chi connectivity index (χ3v) is 6.10. The first kappa shape index (κ1) is 19.9. The normalized spacial score (nSPS) is 15.4. The molecule has 3 N–H and O–H groups in total. The van der Waals surface area contributed by atoms with E-state index in [-0.39, 0.29) is 18.0 Å². The number of aliphatic hydroxyl groups is 1. The number of benzene rings is 2. The zero-order chi connectivity index (χ0) is 20.4. The summed E-state index contributed by atoms with van der Waals surface area (Å²) in [5, 5.41) is 20.7. The fourth-order valence-electron chi connectivity index (χ4n) is 3.70. The molecule has 1 aliphatic rings. The summed E-state index contributed by atoms with van der Waals surface area (Å²) >= 11 is 2.18. The van der Waals surface area contributed by atoms with Crippen molar-refractivity contribution in [2.75, 3.05) is 24.6 Å². The maximum Gasteiger partial charge on any atom is 0.258 e. The minimum absolute atomic E-state index is 0.184. The molecule has 2 aromatic carbocycles. The number of H-pyrrole nitrogens is 1. The van der Waals surface area contributed by atoms with Gasteiger partial charge in [0.15, 0.2) is 0 Å². The van der Waals surface area contributed by atoms with E-state index in [0.717, 1.165) is 40.9 Å². The number of nitrogens with zero attached hydrogens (tertiary/aromatic N) is 2. The summed E-state index contributed by atoms with van der Waals surface area (Å²) in [6.45, 7) is 2.17. The van der Waals surface area contributed by atoms with Gasteiger partial charge in [-0.3, -0.25) is 14.8 Å². The number of halogens is 1. The predicted octanol–water partition coefficient (Wildman–Crippen LogP) is 3.80. The molecule has 0 radical (unpaired) electrons. The van der Waals surface area contributed by atoms with Gasteiger partial charge < -0.3 is 15.1 Å². The zero-order valence-electron chi connectivity index (χ0n) is 15.8. The van der Waals surface area contributed by atoms with E-state index in [1.54, 1.807) is 12.3 Å². The van der Waals surface area contributed by atoms with Gasteiger partial charge in [0.05, 0.1) is 11.3 Å². The lowest BCUT2D eigenvalue weighted by Crippen LogP contribution is -2.34. The second kappa shape index (κ2) is 8.54. The minimum Gasteiger partial charge on any atom is -0.494 e. The summed E-state index contributed by atoms with van der Waals surface area (Å²) in [4.78, 5) is 21.4. The largest absolute Gasteiger partial charge is 0.494 e. The summed E-state index contributed by atoms with van der Waals surface area (Å²) in [5.41, 5.74) is 2.09. The number of aromatic hydroxyl groups is 1. The van der Waals surface area contributed by atoms with Crippen molar-refractivity contribution in [3.63, 3.8) is 0 Å². The number of aliphatic hydroxyl groups excluding tert-OH is 1. The number of nitrogens with one attached hydrogen (secondary N) is 1. The molecule has 3 aromatic rings. The number of aromatic amines is 1. The summed E-state index contributed by atoms with van der Waals surface area (Å²) in [7, 11) is 0. The van der Waals surface area contributed by atoms with Gasteiger partial charge in [-0.1, -0.05) is 0 Å². The van der Waals surface area contributed by atoms with Crippen molar-refractivity contribution in [3.8, 4) is 5.88 Å². The molecule has 0 aliphatic carbocycles. The molecule has 0 saturated carbocycles. The maximum atomic E-state index is 12.1. The van der Waals surface area contributed by atoms with Crippen molar-refractivity contribution < 1.29 is 10.2 Å². The first-order valence-electron chi connectivity index (χ1n) is 9.59. The van der Waals surface area contributed by atoms with E-state index in [9.17, 15) is 15.0 Å². The van der Waals surface area contributed by atoms with E-state index in [0.29, 0.717) is 22.3 Å². The molecule has 1 aromatic heterocycles. The fraction of sp³-hybridized carbons (Fsp3) is 0.273. The van der Waals surface area contributed by atoms with Crippen molar-refractivity contribution in [2.45, 2.75) is 12.8 Å². The van der Waals surface area contributed by atoms with Gasteiger partial charge >= 0.3 is 0 Å². The molecule has 1 fully saturated rings. The Morgan fingerprint density at radius 3 is 2.55 bits per heavy atom. The van der Waals surface area contributed by atoms with Crippen LogP contribution in [0.25, 0.3) is 10.8 Å². The number of piperidine rings is 1. The van der Waals surface area contributed by atoms with E-state index in [4.69, 9.17) is 0 Å². The van der Waals surface area contributed by atoms with Crippen molar-refractivity contribution in [1.29, 1.82) is 0 Å². The zero-order valence-corrected chi connectivity index (χ0v) is 18.0. The molecule has 150 valence electrons. The molecule has 2 heterocycles. The van der Waals surface area contributed by atoms with E-state index in [1.165, 1.54) is 0 Å². The maximum absolute atomic E-state index is 12.1. The third kappa shape index (κ3) is 4.30. The van der Waals surface area contributed by atoms with Crippen LogP contribution in [0.4, 0.5) is 11.4 Å². The molecule has 29 heavy (non-hydrogen) atoms. The lowest BCUT2D eigenvalue weighted by molar-refractivity contribution is 0.203. The van der Waals surface area contributed by atoms with E-state index in [1.807, 2.05) is 36.4 Å². The molecule has 0 bridgehead atoms. The number of aromatic nitrogens is 1. The highest BCUT2D eigenvalue weighted by molar-refractivity contribution is 14.1. The Kier molecular flexibility index (Phi) is 5.86. The molecule has 6 nitrogen and oxygen atoms in total. The molecule has 7 heteroatoms. The van der Waals surface area contributed by atoms with Gasteiger partial charge in [-0.25, -0.2) is 0 Å². The SMILES string of the molecule is O=c1[nH]c(O)c(C=Nc2ccc(N3CCC(CO)CC3)cc2)c2cc(I)ccc12. The van der Waals surface area contributed by atoms with Crippen LogP contribution in [0.15, 0.2) is 52.3 Å². The molecule has 1 aliphatic heterocycles. The van der Waals surface area contributed by atoms with E-state index in [2.05, 4.69) is 37.5 Å². The number of aliphatic imine (C=N–C) groups is 1. The lowest BCUT2D eigenvalue weighted by Gasteiger charge is -2.32. The Balaban J connectivity index is 1.57. The molecular formula is C22H22IN3O3. The van der Waals surface area contributed by atoms with Crippen molar-refractivity contribution in [3.05, 3.63) is 62.0 Å². The minimum atomic E-state index is -0.319. The van der Waals surface area contributed by atoms with Gasteiger partial charge in [-0.2, -0.15) is 0 Å². The van der Waals surface area contributed by atoms with Crippen LogP contribution in [0.5, 0.6) is 5.88 Å². The van der Waals surface area contributed by atoms with Crippen LogP contribution in [-0.4, -0.2) is 41.1 Å². The molecule has 0 amide bonds. The van der Waals surface area contributed by atoms with Crippen molar-refractivity contribution in [2.24, 2.45) is 10.9 Å². The fourth-order valence-corrected chi connectivity index (χ4v) is 4.19. The Bertz CT molecular complexity index is 1100. The molecule has 4 rings (SSSR count). The van der Waals surface area contributed by atoms with Gasteiger partial charge in [0.2, 0.25) is 5.88 Å². The predicted molar refractivity (Wildman–Crippen MR) is 125 cm³/mol. The lowest BCUT2D eigenvalue weighted by atomic mass is 9.97. The highest BCUT2D eigenvalue weighted by atomic mass is 127. The second-order valence-electron chi connectivity index (χ2n) is 7.29. The second-order valence-corrected chi connectivity index (χ2v) is 8.54. The molecular weight excluding hydrogens is 481 g/mol. The smallest absolute Gasteiger partial charge is 0.258 e. The summed E-state index contributed by atoms with van der Waals surface area (Å²) in [6, 6.07) is 13.4. The van der Waals surface area contributed by atoms with Crippen LogP contribution < -0.4 is 10.5 Å². The van der Waals surface area contributed by atoms with Crippen LogP contribution >= 0.6 is 22.6 Å². The van der Waals surface area contributed by atoms with Crippen LogP contribution in [0.2, 0.25) is 0 Å². The van der Waals surface area contributed by atoms with Gasteiger partial charge in [0.25, 0.3) is 5.56 Å². The summed E-state index contributed by atoms with van der Waals surface area (Å²) < 4.78 is 0.976. The van der Waals surface area contributed by atoms with E-state index >= 15 is 0 Å². The first-order chi connectivity index (χ1) is 14.0. The van der Waals surface area contributed by atoms with E-state index < -0.39 is 0 Å². The average Bonchev–Trinajstić information content (AvgIpc) is 2.74. The van der Waals surface area contributed by atoms with Crippen molar-refractivity contribution in [1.82, 2.24) is 4.98 Å². The monoisotopic (exact) mass is 503 g/mol. The van der Waals surface area contributed by atoms with Crippen LogP contribution in [0, 0.1) is 9.49 Å². The quantitative estimate of drug-likeness (QED) is 0.374. The van der Waals surface area contributed by atoms with Gasteiger partial charge in [-0.15, -0.1) is 0 Å². The number of hydrogen-bond acceptors (Lipinski definition) is 5. The van der Waals surface area contributed by atoms with Gasteiger partial charge in [0, 0.05) is 45.9 Å². The van der Waals surface area contributed by atoms with Gasteiger partial charge in [-0.05, 0) is 83.8 Å². The van der Waals surface area contributed by atoms with Crippen LogP contribution in [0.1, 0.15) is 18.4 Å². The Morgan fingerprint density at radius 2 is 1.86 bits per heavy atom. The highest BCUT2D eigenvalue weighted by Gasteiger charge is 2.18. The summed E-state index contributed by atoms with van der Waals surface area (Å²) in [6.07, 6.45) is 3.60. The topological polar surface area (TPSA) is 88.9 Å². The Hall–Kier alpha value is -2.39. The highest BCUT2D eigenvalue weighted by Crippen LogP contribution is 2.26. The number of hydrogen-bond donors (Lipinski definition) is 3. The third-order valence-electron chi connectivity index (χ3n) is 5.43. The number of fused-ring (bicyclic) bond motifs is 1. The Labute approximate surface area is 182 Å². The molecule has 0 unspecified atom stereocenters. The number of anilines is 1.